The van der Waals surface area contributed by atoms with Crippen LogP contribution >= 0.6 is 31.9 Å². The van der Waals surface area contributed by atoms with Crippen molar-refractivity contribution in [2.24, 2.45) is 0 Å². The van der Waals surface area contributed by atoms with Crippen LogP contribution in [0.1, 0.15) is 50.0 Å². The van der Waals surface area contributed by atoms with Crippen LogP contribution in [0.4, 0.5) is 0 Å². The van der Waals surface area contributed by atoms with Gasteiger partial charge in [-0.2, -0.15) is 0 Å². The number of ketones is 2. The molecule has 8 heteroatoms. The first-order valence-electron chi connectivity index (χ1n) is 9.89. The highest BCUT2D eigenvalue weighted by molar-refractivity contribution is 9.11. The Bertz CT molecular complexity index is 983. The molecule has 0 saturated carbocycles. The number of carboxylic acids is 1. The molecule has 1 N–H and O–H groups in total. The Morgan fingerprint density at radius 3 is 2.17 bits per heavy atom. The molecule has 4 rings (SSSR count). The third kappa shape index (κ3) is 3.64. The van der Waals surface area contributed by atoms with E-state index < -0.39 is 18.5 Å². The summed E-state index contributed by atoms with van der Waals surface area (Å²) in [6.07, 6.45) is 4.02. The smallest absolute Gasteiger partial charge is 0.341 e. The number of hydrogen-bond donors (Lipinski definition) is 1. The molecule has 30 heavy (non-hydrogen) atoms. The molecule has 0 aromatic heterocycles. The standard InChI is InChI=1S/C22H21Br2NO5/c1-25-14-4-2-6-16(26)20(14)19(21-15(25)5-3-7-17(21)27)12-8-11(23)9-13(24)22(12)30-10-18(28)29/h8-9,19H,2-7,10H2,1H3,(H,28,29). The summed E-state index contributed by atoms with van der Waals surface area (Å²) >= 11 is 6.97. The maximum absolute atomic E-state index is 13.1. The SMILES string of the molecule is CN1C2=C(C(=O)CCC2)C(c2cc(Br)cc(Br)c2OCC(=O)O)C2=C1CCCC2=O. The topological polar surface area (TPSA) is 83.9 Å². The van der Waals surface area contributed by atoms with Crippen LogP contribution in [0.25, 0.3) is 0 Å². The second-order valence-electron chi connectivity index (χ2n) is 7.75. The summed E-state index contributed by atoms with van der Waals surface area (Å²) < 4.78 is 6.97. The van der Waals surface area contributed by atoms with E-state index in [9.17, 15) is 14.4 Å². The van der Waals surface area contributed by atoms with E-state index in [1.54, 1.807) is 6.07 Å². The van der Waals surface area contributed by atoms with Gasteiger partial charge in [-0.1, -0.05) is 15.9 Å². The van der Waals surface area contributed by atoms with Crippen molar-refractivity contribution in [3.63, 3.8) is 0 Å². The van der Waals surface area contributed by atoms with E-state index in [0.29, 0.717) is 39.8 Å². The number of carbonyl (C=O) groups excluding carboxylic acids is 2. The van der Waals surface area contributed by atoms with Crippen LogP contribution in [-0.2, 0) is 14.4 Å². The van der Waals surface area contributed by atoms with Gasteiger partial charge in [0.05, 0.1) is 4.47 Å². The molecule has 0 atom stereocenters. The molecule has 0 fully saturated rings. The molecule has 0 radical (unpaired) electrons. The molecule has 0 bridgehead atoms. The Morgan fingerprint density at radius 1 is 1.07 bits per heavy atom. The Kier molecular flexibility index (Phi) is 5.90. The molecule has 158 valence electrons. The maximum Gasteiger partial charge on any atom is 0.341 e. The Hall–Kier alpha value is -1.93. The molecule has 1 heterocycles. The largest absolute Gasteiger partial charge is 0.480 e. The zero-order valence-electron chi connectivity index (χ0n) is 16.5. The van der Waals surface area contributed by atoms with Crippen LogP contribution in [0, 0.1) is 0 Å². The number of benzene rings is 1. The van der Waals surface area contributed by atoms with E-state index in [2.05, 4.69) is 31.9 Å². The van der Waals surface area contributed by atoms with Crippen molar-refractivity contribution in [2.75, 3.05) is 13.7 Å². The number of halogens is 2. The summed E-state index contributed by atoms with van der Waals surface area (Å²) in [6, 6.07) is 3.60. The number of Topliss-reactive ketones (excluding diaryl/α,β-unsaturated/α-hetero) is 2. The number of aliphatic carboxylic acids is 1. The van der Waals surface area contributed by atoms with Crippen LogP contribution < -0.4 is 4.74 Å². The van der Waals surface area contributed by atoms with Crippen LogP contribution in [0.3, 0.4) is 0 Å². The van der Waals surface area contributed by atoms with Crippen molar-refractivity contribution < 1.29 is 24.2 Å². The number of carboxylic acid groups (broad SMARTS) is 1. The van der Waals surface area contributed by atoms with E-state index in [0.717, 1.165) is 41.6 Å². The number of ether oxygens (including phenoxy) is 1. The lowest BCUT2D eigenvalue weighted by Gasteiger charge is -2.42. The molecule has 0 amide bonds. The first-order chi connectivity index (χ1) is 14.3. The molecule has 1 aromatic rings. The Morgan fingerprint density at radius 2 is 1.63 bits per heavy atom. The van der Waals surface area contributed by atoms with Gasteiger partial charge in [0.1, 0.15) is 5.75 Å². The fraction of sp³-hybridized carbons (Fsp3) is 0.409. The minimum atomic E-state index is -1.10. The molecule has 3 aliphatic rings. The second kappa shape index (κ2) is 8.30. The average molecular weight is 539 g/mol. The fourth-order valence-corrected chi connectivity index (χ4v) is 6.12. The van der Waals surface area contributed by atoms with Crippen molar-refractivity contribution in [3.8, 4) is 5.75 Å². The van der Waals surface area contributed by atoms with Crippen LogP contribution in [0.2, 0.25) is 0 Å². The lowest BCUT2D eigenvalue weighted by Crippen LogP contribution is -2.37. The molecular weight excluding hydrogens is 518 g/mol. The summed E-state index contributed by atoms with van der Waals surface area (Å²) in [5.41, 5.74) is 3.84. The first kappa shape index (κ1) is 21.3. The van der Waals surface area contributed by atoms with Crippen molar-refractivity contribution in [1.82, 2.24) is 4.90 Å². The highest BCUT2D eigenvalue weighted by Crippen LogP contribution is 2.51. The molecule has 0 spiro atoms. The van der Waals surface area contributed by atoms with Crippen molar-refractivity contribution >= 4 is 49.4 Å². The third-order valence-corrected chi connectivity index (χ3v) is 6.98. The van der Waals surface area contributed by atoms with E-state index in [1.807, 2.05) is 18.0 Å². The van der Waals surface area contributed by atoms with Crippen molar-refractivity contribution in [1.29, 1.82) is 0 Å². The second-order valence-corrected chi connectivity index (χ2v) is 9.52. The molecule has 0 unspecified atom stereocenters. The zero-order valence-corrected chi connectivity index (χ0v) is 19.6. The van der Waals surface area contributed by atoms with Gasteiger partial charge in [0, 0.05) is 58.4 Å². The number of carbonyl (C=O) groups is 3. The minimum Gasteiger partial charge on any atom is -0.480 e. The van der Waals surface area contributed by atoms with Gasteiger partial charge in [-0.05, 0) is 53.7 Å². The van der Waals surface area contributed by atoms with E-state index in [1.165, 1.54) is 0 Å². The van der Waals surface area contributed by atoms with E-state index in [-0.39, 0.29) is 11.6 Å². The highest BCUT2D eigenvalue weighted by atomic mass is 79.9. The van der Waals surface area contributed by atoms with Gasteiger partial charge < -0.3 is 14.7 Å². The highest BCUT2D eigenvalue weighted by Gasteiger charge is 2.43. The van der Waals surface area contributed by atoms with Gasteiger partial charge in [-0.25, -0.2) is 4.79 Å². The van der Waals surface area contributed by atoms with E-state index in [4.69, 9.17) is 9.84 Å². The van der Waals surface area contributed by atoms with Crippen molar-refractivity contribution in [3.05, 3.63) is 49.2 Å². The van der Waals surface area contributed by atoms with Gasteiger partial charge in [-0.15, -0.1) is 0 Å². The minimum absolute atomic E-state index is 0.0401. The van der Waals surface area contributed by atoms with Gasteiger partial charge in [0.25, 0.3) is 0 Å². The van der Waals surface area contributed by atoms with Crippen LogP contribution in [0.15, 0.2) is 43.6 Å². The lowest BCUT2D eigenvalue weighted by atomic mass is 9.71. The number of hydrogen-bond acceptors (Lipinski definition) is 5. The summed E-state index contributed by atoms with van der Waals surface area (Å²) in [4.78, 5) is 39.4. The first-order valence-corrected chi connectivity index (χ1v) is 11.5. The fourth-order valence-electron chi connectivity index (χ4n) is 4.74. The molecule has 1 aliphatic heterocycles. The molecule has 6 nitrogen and oxygen atoms in total. The molecule has 0 saturated heterocycles. The Balaban J connectivity index is 1.98. The summed E-state index contributed by atoms with van der Waals surface area (Å²) in [5, 5.41) is 9.13. The van der Waals surface area contributed by atoms with Crippen molar-refractivity contribution in [2.45, 2.75) is 44.4 Å². The Labute approximate surface area is 191 Å². The average Bonchev–Trinajstić information content (AvgIpc) is 2.68. The molecule has 1 aromatic carbocycles. The van der Waals surface area contributed by atoms with Gasteiger partial charge in [-0.3, -0.25) is 9.59 Å². The molecular formula is C22H21Br2NO5. The number of allylic oxidation sites excluding steroid dienone is 4. The number of rotatable bonds is 4. The van der Waals surface area contributed by atoms with Gasteiger partial charge in [0.15, 0.2) is 18.2 Å². The summed E-state index contributed by atoms with van der Waals surface area (Å²) in [6.45, 7) is -0.514. The third-order valence-electron chi connectivity index (χ3n) is 5.93. The quantitative estimate of drug-likeness (QED) is 0.597. The summed E-state index contributed by atoms with van der Waals surface area (Å²) in [7, 11) is 1.94. The predicted molar refractivity (Wildman–Crippen MR) is 117 cm³/mol. The maximum atomic E-state index is 13.1. The molecule has 2 aliphatic carbocycles. The normalized spacial score (nSPS) is 19.8. The van der Waals surface area contributed by atoms with E-state index >= 15 is 0 Å². The monoisotopic (exact) mass is 537 g/mol. The zero-order chi connectivity index (χ0) is 21.6. The van der Waals surface area contributed by atoms with Gasteiger partial charge in [0.2, 0.25) is 0 Å². The summed E-state index contributed by atoms with van der Waals surface area (Å²) in [5.74, 6) is -1.21. The van der Waals surface area contributed by atoms with Crippen LogP contribution in [0.5, 0.6) is 5.75 Å². The van der Waals surface area contributed by atoms with Crippen LogP contribution in [-0.4, -0.2) is 41.2 Å². The predicted octanol–water partition coefficient (Wildman–Crippen LogP) is 4.72. The lowest BCUT2D eigenvalue weighted by molar-refractivity contribution is -0.139. The number of nitrogens with zero attached hydrogens (tertiary/aromatic N) is 1. The van der Waals surface area contributed by atoms with Gasteiger partial charge >= 0.3 is 5.97 Å².